The molecule has 1 unspecified atom stereocenters. The smallest absolute Gasteiger partial charge is 0.168 e. The van der Waals surface area contributed by atoms with Crippen LogP contribution in [0.25, 0.3) is 0 Å². The molecule has 0 saturated heterocycles. The summed E-state index contributed by atoms with van der Waals surface area (Å²) in [6.45, 7) is 1.96. The third-order valence-electron chi connectivity index (χ3n) is 2.70. The molecule has 0 aliphatic rings. The number of ether oxygens (including phenoxy) is 1. The lowest BCUT2D eigenvalue weighted by Crippen LogP contribution is -2.10. The predicted octanol–water partition coefficient (Wildman–Crippen LogP) is 3.56. The number of rotatable bonds is 4. The molecule has 19 heavy (non-hydrogen) atoms. The molecular formula is C14H14F2N2O. The van der Waals surface area contributed by atoms with Gasteiger partial charge in [-0.1, -0.05) is 6.92 Å². The van der Waals surface area contributed by atoms with Gasteiger partial charge in [0.1, 0.15) is 11.6 Å². The van der Waals surface area contributed by atoms with Crippen LogP contribution in [0.3, 0.4) is 0 Å². The van der Waals surface area contributed by atoms with Crippen molar-refractivity contribution in [1.82, 2.24) is 4.98 Å². The van der Waals surface area contributed by atoms with E-state index in [1.54, 1.807) is 12.1 Å². The Balaban J connectivity index is 2.15. The molecule has 2 N–H and O–H groups in total. The monoisotopic (exact) mass is 264 g/mol. The summed E-state index contributed by atoms with van der Waals surface area (Å²) in [6.07, 6.45) is 2.24. The Hall–Kier alpha value is -2.01. The van der Waals surface area contributed by atoms with Crippen LogP contribution in [0.1, 0.15) is 25.1 Å². The number of aromatic nitrogens is 1. The van der Waals surface area contributed by atoms with Gasteiger partial charge >= 0.3 is 0 Å². The van der Waals surface area contributed by atoms with Gasteiger partial charge in [-0.2, -0.15) is 0 Å². The van der Waals surface area contributed by atoms with Gasteiger partial charge in [0.2, 0.25) is 0 Å². The third kappa shape index (κ3) is 3.26. The SMILES string of the molecule is CCC(N)c1ccc(Oc2ccc(F)cc2F)cn1. The summed E-state index contributed by atoms with van der Waals surface area (Å²) >= 11 is 0. The van der Waals surface area contributed by atoms with Gasteiger partial charge in [-0.25, -0.2) is 8.78 Å². The molecule has 100 valence electrons. The zero-order chi connectivity index (χ0) is 13.8. The van der Waals surface area contributed by atoms with E-state index >= 15 is 0 Å². The summed E-state index contributed by atoms with van der Waals surface area (Å²) in [5.74, 6) is -1.07. The van der Waals surface area contributed by atoms with Crippen molar-refractivity contribution < 1.29 is 13.5 Å². The molecule has 1 atom stereocenters. The Morgan fingerprint density at radius 2 is 2.05 bits per heavy atom. The van der Waals surface area contributed by atoms with Crippen LogP contribution in [-0.4, -0.2) is 4.98 Å². The van der Waals surface area contributed by atoms with Gasteiger partial charge in [0.05, 0.1) is 11.9 Å². The topological polar surface area (TPSA) is 48.1 Å². The van der Waals surface area contributed by atoms with Crippen LogP contribution >= 0.6 is 0 Å². The van der Waals surface area contributed by atoms with Gasteiger partial charge < -0.3 is 10.5 Å². The van der Waals surface area contributed by atoms with E-state index in [1.807, 2.05) is 6.92 Å². The van der Waals surface area contributed by atoms with Crippen LogP contribution in [0.5, 0.6) is 11.5 Å². The Morgan fingerprint density at radius 3 is 2.63 bits per heavy atom. The van der Waals surface area contributed by atoms with E-state index in [4.69, 9.17) is 10.5 Å². The molecule has 0 saturated carbocycles. The first-order valence-electron chi connectivity index (χ1n) is 5.94. The highest BCUT2D eigenvalue weighted by molar-refractivity contribution is 5.31. The van der Waals surface area contributed by atoms with Gasteiger partial charge in [-0.15, -0.1) is 0 Å². The highest BCUT2D eigenvalue weighted by Gasteiger charge is 2.08. The van der Waals surface area contributed by atoms with E-state index in [1.165, 1.54) is 12.3 Å². The fraction of sp³-hybridized carbons (Fsp3) is 0.214. The van der Waals surface area contributed by atoms with Gasteiger partial charge in [-0.05, 0) is 30.7 Å². The summed E-state index contributed by atoms with van der Waals surface area (Å²) in [6, 6.07) is 6.39. The normalized spacial score (nSPS) is 12.2. The molecule has 0 spiro atoms. The number of hydrogen-bond acceptors (Lipinski definition) is 3. The summed E-state index contributed by atoms with van der Waals surface area (Å²) in [7, 11) is 0. The number of pyridine rings is 1. The van der Waals surface area contributed by atoms with E-state index in [9.17, 15) is 8.78 Å². The van der Waals surface area contributed by atoms with Crippen LogP contribution in [0.4, 0.5) is 8.78 Å². The highest BCUT2D eigenvalue weighted by Crippen LogP contribution is 2.25. The molecule has 2 rings (SSSR count). The Labute approximate surface area is 110 Å². The Bertz CT molecular complexity index is 558. The van der Waals surface area contributed by atoms with Crippen molar-refractivity contribution in [2.24, 2.45) is 5.73 Å². The average Bonchev–Trinajstić information content (AvgIpc) is 2.42. The van der Waals surface area contributed by atoms with Crippen molar-refractivity contribution in [2.45, 2.75) is 19.4 Å². The zero-order valence-corrected chi connectivity index (χ0v) is 10.4. The summed E-state index contributed by atoms with van der Waals surface area (Å²) in [4.78, 5) is 4.15. The number of hydrogen-bond donors (Lipinski definition) is 1. The molecule has 0 fully saturated rings. The Morgan fingerprint density at radius 1 is 1.26 bits per heavy atom. The van der Waals surface area contributed by atoms with Crippen LogP contribution in [0.2, 0.25) is 0 Å². The fourth-order valence-electron chi connectivity index (χ4n) is 1.57. The lowest BCUT2D eigenvalue weighted by molar-refractivity contribution is 0.435. The largest absolute Gasteiger partial charge is 0.453 e. The molecule has 5 heteroatoms. The van der Waals surface area contributed by atoms with Crippen molar-refractivity contribution in [1.29, 1.82) is 0 Å². The molecule has 0 bridgehead atoms. The van der Waals surface area contributed by atoms with E-state index in [-0.39, 0.29) is 11.8 Å². The van der Waals surface area contributed by atoms with Crippen molar-refractivity contribution in [3.63, 3.8) is 0 Å². The molecule has 2 aromatic rings. The van der Waals surface area contributed by atoms with Gasteiger partial charge in [-0.3, -0.25) is 4.98 Å². The van der Waals surface area contributed by atoms with Crippen molar-refractivity contribution in [3.05, 3.63) is 53.9 Å². The van der Waals surface area contributed by atoms with E-state index in [0.717, 1.165) is 24.2 Å². The predicted molar refractivity (Wildman–Crippen MR) is 67.9 cm³/mol. The second-order valence-electron chi connectivity index (χ2n) is 4.11. The molecule has 0 aliphatic carbocycles. The van der Waals surface area contributed by atoms with Crippen molar-refractivity contribution in [3.8, 4) is 11.5 Å². The average molecular weight is 264 g/mol. The summed E-state index contributed by atoms with van der Waals surface area (Å²) < 4.78 is 31.4. The number of benzene rings is 1. The number of nitrogens with zero attached hydrogens (tertiary/aromatic N) is 1. The van der Waals surface area contributed by atoms with Gasteiger partial charge in [0.25, 0.3) is 0 Å². The second kappa shape index (κ2) is 5.75. The minimum absolute atomic E-state index is 0.0456. The quantitative estimate of drug-likeness (QED) is 0.918. The highest BCUT2D eigenvalue weighted by atomic mass is 19.1. The molecule has 1 heterocycles. The van der Waals surface area contributed by atoms with Gasteiger partial charge in [0, 0.05) is 12.1 Å². The standard InChI is InChI=1S/C14H14F2N2O/c1-2-12(17)13-5-4-10(8-18-13)19-14-6-3-9(15)7-11(14)16/h3-8,12H,2,17H2,1H3. The number of halogens is 2. The lowest BCUT2D eigenvalue weighted by Gasteiger charge is -2.10. The van der Waals surface area contributed by atoms with Crippen LogP contribution in [0, 0.1) is 11.6 Å². The van der Waals surface area contributed by atoms with Crippen LogP contribution < -0.4 is 10.5 Å². The first kappa shape index (κ1) is 13.4. The zero-order valence-electron chi connectivity index (χ0n) is 10.4. The molecule has 3 nitrogen and oxygen atoms in total. The van der Waals surface area contributed by atoms with Crippen LogP contribution in [0.15, 0.2) is 36.5 Å². The molecule has 0 radical (unpaired) electrons. The van der Waals surface area contributed by atoms with Gasteiger partial charge in [0.15, 0.2) is 11.6 Å². The minimum atomic E-state index is -0.755. The van der Waals surface area contributed by atoms with E-state index in [2.05, 4.69) is 4.98 Å². The van der Waals surface area contributed by atoms with E-state index in [0.29, 0.717) is 5.75 Å². The lowest BCUT2D eigenvalue weighted by atomic mass is 10.1. The first-order valence-corrected chi connectivity index (χ1v) is 5.94. The maximum absolute atomic E-state index is 13.4. The summed E-state index contributed by atoms with van der Waals surface area (Å²) in [5, 5.41) is 0. The maximum atomic E-state index is 13.4. The fourth-order valence-corrected chi connectivity index (χ4v) is 1.57. The van der Waals surface area contributed by atoms with Crippen molar-refractivity contribution >= 4 is 0 Å². The molecule has 0 aliphatic heterocycles. The molecular weight excluding hydrogens is 250 g/mol. The van der Waals surface area contributed by atoms with Crippen molar-refractivity contribution in [2.75, 3.05) is 0 Å². The molecule has 1 aromatic carbocycles. The molecule has 1 aromatic heterocycles. The summed E-state index contributed by atoms with van der Waals surface area (Å²) in [5.41, 5.74) is 6.58. The molecule has 0 amide bonds. The number of nitrogens with two attached hydrogens (primary N) is 1. The Kier molecular flexibility index (Phi) is 4.06. The van der Waals surface area contributed by atoms with E-state index < -0.39 is 11.6 Å². The van der Waals surface area contributed by atoms with Crippen LogP contribution in [-0.2, 0) is 0 Å². The third-order valence-corrected chi connectivity index (χ3v) is 2.70. The first-order chi connectivity index (χ1) is 9.10. The maximum Gasteiger partial charge on any atom is 0.168 e. The minimum Gasteiger partial charge on any atom is -0.453 e. The second-order valence-corrected chi connectivity index (χ2v) is 4.11.